The van der Waals surface area contributed by atoms with Gasteiger partial charge in [-0.25, -0.2) is 4.39 Å². The minimum absolute atomic E-state index is 0.146. The number of halogens is 1. The summed E-state index contributed by atoms with van der Waals surface area (Å²) in [6.45, 7) is 0.517. The van der Waals surface area contributed by atoms with E-state index >= 15 is 0 Å². The lowest BCUT2D eigenvalue weighted by atomic mass is 10.1. The summed E-state index contributed by atoms with van der Waals surface area (Å²) in [5.41, 5.74) is 7.34. The average molecular weight is 285 g/mol. The molecule has 0 saturated heterocycles. The van der Waals surface area contributed by atoms with E-state index in [1.54, 1.807) is 17.3 Å². The largest absolute Gasteiger partial charge is 0.398 e. The molecule has 1 heterocycles. The van der Waals surface area contributed by atoms with E-state index in [2.05, 4.69) is 4.98 Å². The van der Waals surface area contributed by atoms with Crippen LogP contribution in [-0.2, 0) is 6.54 Å². The lowest BCUT2D eigenvalue weighted by molar-refractivity contribution is 0.0731. The second kappa shape index (κ2) is 5.52. The molecule has 4 nitrogen and oxygen atoms in total. The van der Waals surface area contributed by atoms with Crippen LogP contribution in [0.15, 0.2) is 42.7 Å². The van der Waals surface area contributed by atoms with Crippen LogP contribution in [0, 0.1) is 5.82 Å². The molecule has 2 aromatic rings. The molecule has 1 aromatic heterocycles. The summed E-state index contributed by atoms with van der Waals surface area (Å²) in [4.78, 5) is 18.5. The van der Waals surface area contributed by atoms with E-state index in [1.807, 2.05) is 12.1 Å². The van der Waals surface area contributed by atoms with Crippen molar-refractivity contribution in [3.63, 3.8) is 0 Å². The van der Waals surface area contributed by atoms with Crippen LogP contribution in [0.5, 0.6) is 0 Å². The first-order valence-electron chi connectivity index (χ1n) is 6.90. The van der Waals surface area contributed by atoms with Crippen molar-refractivity contribution in [2.45, 2.75) is 25.4 Å². The van der Waals surface area contributed by atoms with Crippen LogP contribution in [0.25, 0.3) is 0 Å². The first kappa shape index (κ1) is 13.5. The number of carbonyl (C=O) groups is 1. The third-order valence-corrected chi connectivity index (χ3v) is 3.59. The van der Waals surface area contributed by atoms with Gasteiger partial charge in [-0.05, 0) is 48.7 Å². The number of aromatic nitrogens is 1. The zero-order chi connectivity index (χ0) is 14.8. The Labute approximate surface area is 122 Å². The van der Waals surface area contributed by atoms with E-state index in [-0.39, 0.29) is 17.6 Å². The molecule has 0 atom stereocenters. The highest BCUT2D eigenvalue weighted by Gasteiger charge is 2.33. The summed E-state index contributed by atoms with van der Waals surface area (Å²) in [5.74, 6) is -0.581. The van der Waals surface area contributed by atoms with Gasteiger partial charge >= 0.3 is 0 Å². The molecule has 1 amide bonds. The second-order valence-corrected chi connectivity index (χ2v) is 5.25. The van der Waals surface area contributed by atoms with Crippen LogP contribution in [-0.4, -0.2) is 21.8 Å². The van der Waals surface area contributed by atoms with Crippen molar-refractivity contribution in [3.05, 3.63) is 59.7 Å². The van der Waals surface area contributed by atoms with Crippen LogP contribution in [0.1, 0.15) is 28.8 Å². The second-order valence-electron chi connectivity index (χ2n) is 5.25. The molecule has 1 fully saturated rings. The fourth-order valence-corrected chi connectivity index (χ4v) is 2.32. The first-order chi connectivity index (χ1) is 10.1. The average Bonchev–Trinajstić information content (AvgIpc) is 3.30. The van der Waals surface area contributed by atoms with E-state index in [0.717, 1.165) is 18.4 Å². The van der Waals surface area contributed by atoms with Gasteiger partial charge in [0.05, 0.1) is 5.56 Å². The molecule has 0 aliphatic heterocycles. The molecule has 0 bridgehead atoms. The lowest BCUT2D eigenvalue weighted by Gasteiger charge is -2.23. The Balaban J connectivity index is 1.85. The summed E-state index contributed by atoms with van der Waals surface area (Å²) >= 11 is 0. The Bertz CT molecular complexity index is 656. The highest BCUT2D eigenvalue weighted by atomic mass is 19.1. The Morgan fingerprint density at radius 1 is 1.29 bits per heavy atom. The summed E-state index contributed by atoms with van der Waals surface area (Å²) in [7, 11) is 0. The normalized spacial score (nSPS) is 14.0. The maximum absolute atomic E-state index is 13.1. The van der Waals surface area contributed by atoms with Gasteiger partial charge in [-0.1, -0.05) is 0 Å². The van der Waals surface area contributed by atoms with Crippen LogP contribution < -0.4 is 5.73 Å². The van der Waals surface area contributed by atoms with Crippen molar-refractivity contribution in [1.82, 2.24) is 9.88 Å². The predicted octanol–water partition coefficient (Wildman–Crippen LogP) is 2.61. The maximum atomic E-state index is 13.1. The molecule has 0 spiro atoms. The van der Waals surface area contributed by atoms with E-state index in [4.69, 9.17) is 5.73 Å². The summed E-state index contributed by atoms with van der Waals surface area (Å²) in [6, 6.07) is 7.92. The third kappa shape index (κ3) is 3.02. The molecular formula is C16H16FN3O. The van der Waals surface area contributed by atoms with Gasteiger partial charge in [0, 0.05) is 30.7 Å². The minimum atomic E-state index is -0.434. The number of hydrogen-bond acceptors (Lipinski definition) is 3. The zero-order valence-electron chi connectivity index (χ0n) is 11.5. The van der Waals surface area contributed by atoms with Crippen molar-refractivity contribution in [2.24, 2.45) is 0 Å². The molecule has 2 N–H and O–H groups in total. The van der Waals surface area contributed by atoms with Gasteiger partial charge in [0.15, 0.2) is 0 Å². The number of nitrogens with two attached hydrogens (primary N) is 1. The van der Waals surface area contributed by atoms with E-state index in [9.17, 15) is 9.18 Å². The molecule has 1 aromatic carbocycles. The summed E-state index contributed by atoms with van der Waals surface area (Å²) < 4.78 is 13.1. The van der Waals surface area contributed by atoms with Crippen molar-refractivity contribution in [2.75, 3.05) is 5.73 Å². The standard InChI is InChI=1S/C16H16FN3O/c17-12-1-4-14(15(18)9-12)16(21)20(13-2-3-13)10-11-5-7-19-8-6-11/h1,4-9,13H,2-3,10,18H2. The number of hydrogen-bond donors (Lipinski definition) is 1. The van der Waals surface area contributed by atoms with Gasteiger partial charge in [0.25, 0.3) is 5.91 Å². The number of anilines is 1. The van der Waals surface area contributed by atoms with Gasteiger partial charge in [0.2, 0.25) is 0 Å². The molecular weight excluding hydrogens is 269 g/mol. The Kier molecular flexibility index (Phi) is 3.56. The van der Waals surface area contributed by atoms with Crippen molar-refractivity contribution >= 4 is 11.6 Å². The van der Waals surface area contributed by atoms with Crippen LogP contribution in [0.4, 0.5) is 10.1 Å². The number of nitrogen functional groups attached to an aromatic ring is 1. The number of carbonyl (C=O) groups excluding carboxylic acids is 1. The topological polar surface area (TPSA) is 59.2 Å². The number of amides is 1. The molecule has 1 saturated carbocycles. The number of nitrogens with zero attached hydrogens (tertiary/aromatic N) is 2. The zero-order valence-corrected chi connectivity index (χ0v) is 11.5. The number of pyridine rings is 1. The maximum Gasteiger partial charge on any atom is 0.256 e. The minimum Gasteiger partial charge on any atom is -0.398 e. The SMILES string of the molecule is Nc1cc(F)ccc1C(=O)N(Cc1ccncc1)C1CC1. The fourth-order valence-electron chi connectivity index (χ4n) is 2.32. The van der Waals surface area contributed by atoms with Crippen molar-refractivity contribution < 1.29 is 9.18 Å². The monoisotopic (exact) mass is 285 g/mol. The molecule has 3 rings (SSSR count). The highest BCUT2D eigenvalue weighted by molar-refractivity contribution is 5.99. The van der Waals surface area contributed by atoms with E-state index < -0.39 is 5.82 Å². The van der Waals surface area contributed by atoms with E-state index in [1.165, 1.54) is 18.2 Å². The van der Waals surface area contributed by atoms with Gasteiger partial charge in [-0.2, -0.15) is 0 Å². The lowest BCUT2D eigenvalue weighted by Crippen LogP contribution is -2.33. The molecule has 21 heavy (non-hydrogen) atoms. The summed E-state index contributed by atoms with van der Waals surface area (Å²) in [6.07, 6.45) is 5.41. The smallest absolute Gasteiger partial charge is 0.256 e. The highest BCUT2D eigenvalue weighted by Crippen LogP contribution is 2.30. The van der Waals surface area contributed by atoms with Crippen LogP contribution in [0.2, 0.25) is 0 Å². The summed E-state index contributed by atoms with van der Waals surface area (Å²) in [5, 5.41) is 0. The third-order valence-electron chi connectivity index (χ3n) is 3.59. The predicted molar refractivity (Wildman–Crippen MR) is 77.9 cm³/mol. The van der Waals surface area contributed by atoms with Gasteiger partial charge in [-0.3, -0.25) is 9.78 Å². The van der Waals surface area contributed by atoms with Gasteiger partial charge in [-0.15, -0.1) is 0 Å². The molecule has 0 unspecified atom stereocenters. The molecule has 108 valence electrons. The van der Waals surface area contributed by atoms with Gasteiger partial charge < -0.3 is 10.6 Å². The molecule has 5 heteroatoms. The van der Waals surface area contributed by atoms with Crippen molar-refractivity contribution in [1.29, 1.82) is 0 Å². The first-order valence-corrected chi connectivity index (χ1v) is 6.90. The molecule has 1 aliphatic carbocycles. The van der Waals surface area contributed by atoms with Gasteiger partial charge in [0.1, 0.15) is 5.82 Å². The fraction of sp³-hybridized carbons (Fsp3) is 0.250. The van der Waals surface area contributed by atoms with Crippen LogP contribution >= 0.6 is 0 Å². The Morgan fingerprint density at radius 2 is 2.00 bits per heavy atom. The Morgan fingerprint density at radius 3 is 2.62 bits per heavy atom. The van der Waals surface area contributed by atoms with Crippen LogP contribution in [0.3, 0.4) is 0 Å². The number of benzene rings is 1. The molecule has 1 aliphatic rings. The molecule has 0 radical (unpaired) electrons. The Hall–Kier alpha value is -2.43. The van der Waals surface area contributed by atoms with E-state index in [0.29, 0.717) is 12.1 Å². The quantitative estimate of drug-likeness (QED) is 0.878. The number of rotatable bonds is 4. The van der Waals surface area contributed by atoms with Crippen molar-refractivity contribution in [3.8, 4) is 0 Å².